The fourth-order valence-electron chi connectivity index (χ4n) is 4.24. The van der Waals surface area contributed by atoms with Gasteiger partial charge in [0.15, 0.2) is 24.0 Å². The minimum absolute atomic E-state index is 0. The second-order valence-electron chi connectivity index (χ2n) is 8.43. The highest BCUT2D eigenvalue weighted by Gasteiger charge is 2.41. The minimum Gasteiger partial charge on any atom is -0.478 e. The van der Waals surface area contributed by atoms with Gasteiger partial charge in [0.05, 0.1) is 0 Å². The highest BCUT2D eigenvalue weighted by atomic mass is 19.4. The SMILES string of the molecule is CCC1CCC(C(F)(F)Cc2ccc(-c3cc(F)c(OCC(F)(F)F)c(F)c3)cc2)CC1.O. The Morgan fingerprint density at radius 3 is 1.88 bits per heavy atom. The molecule has 0 amide bonds. The lowest BCUT2D eigenvalue weighted by Gasteiger charge is -2.33. The van der Waals surface area contributed by atoms with Crippen LogP contribution in [0.15, 0.2) is 36.4 Å². The van der Waals surface area contributed by atoms with E-state index in [1.54, 1.807) is 0 Å². The minimum atomic E-state index is -4.73. The van der Waals surface area contributed by atoms with Crippen molar-refractivity contribution in [3.63, 3.8) is 0 Å². The third-order valence-corrected chi connectivity index (χ3v) is 6.13. The highest BCUT2D eigenvalue weighted by molar-refractivity contribution is 5.65. The van der Waals surface area contributed by atoms with Crippen LogP contribution in [0.25, 0.3) is 11.1 Å². The molecule has 1 aliphatic rings. The molecule has 1 aliphatic carbocycles. The van der Waals surface area contributed by atoms with Crippen LogP contribution >= 0.6 is 0 Å². The standard InChI is InChI=1S/C24H25F7O.H2O/c1-2-15-5-9-19(10-6-15)23(27,28)13-16-3-7-17(8-4-16)18-11-20(25)22(21(26)12-18)32-14-24(29,30)31;/h3-4,7-8,11-12,15,19H,2,5-6,9-10,13-14H2,1H3;1H2. The summed E-state index contributed by atoms with van der Waals surface area (Å²) < 4.78 is 98.6. The van der Waals surface area contributed by atoms with Gasteiger partial charge in [-0.25, -0.2) is 17.6 Å². The molecule has 0 atom stereocenters. The van der Waals surface area contributed by atoms with Crippen LogP contribution in [-0.2, 0) is 6.42 Å². The number of rotatable bonds is 7. The Hall–Kier alpha value is -2.29. The first kappa shape index (κ1) is 27.0. The summed E-state index contributed by atoms with van der Waals surface area (Å²) in [6.07, 6.45) is -1.50. The van der Waals surface area contributed by atoms with Gasteiger partial charge in [-0.3, -0.25) is 0 Å². The zero-order valence-corrected chi connectivity index (χ0v) is 18.1. The molecule has 33 heavy (non-hydrogen) atoms. The van der Waals surface area contributed by atoms with Crippen molar-refractivity contribution in [2.75, 3.05) is 6.61 Å². The van der Waals surface area contributed by atoms with Gasteiger partial charge < -0.3 is 10.2 Å². The lowest BCUT2D eigenvalue weighted by atomic mass is 9.77. The fraction of sp³-hybridized carbons (Fsp3) is 0.500. The molecular formula is C24H27F7O2. The first-order chi connectivity index (χ1) is 15.0. The van der Waals surface area contributed by atoms with Crippen LogP contribution in [0.1, 0.15) is 44.6 Å². The zero-order chi connectivity index (χ0) is 23.5. The molecule has 0 aromatic heterocycles. The Morgan fingerprint density at radius 2 is 1.39 bits per heavy atom. The van der Waals surface area contributed by atoms with Gasteiger partial charge in [0.25, 0.3) is 5.92 Å². The molecule has 1 fully saturated rings. The third kappa shape index (κ3) is 7.09. The molecule has 0 spiro atoms. The van der Waals surface area contributed by atoms with E-state index < -0.39 is 48.4 Å². The summed E-state index contributed by atoms with van der Waals surface area (Å²) in [6, 6.07) is 7.58. The smallest absolute Gasteiger partial charge is 0.422 e. The molecule has 0 heterocycles. The van der Waals surface area contributed by atoms with Crippen LogP contribution < -0.4 is 4.74 Å². The summed E-state index contributed by atoms with van der Waals surface area (Å²) >= 11 is 0. The second kappa shape index (κ2) is 10.8. The number of hydrogen-bond donors (Lipinski definition) is 0. The molecular weight excluding hydrogens is 453 g/mol. The van der Waals surface area contributed by atoms with Crippen molar-refractivity contribution in [3.05, 3.63) is 53.6 Å². The van der Waals surface area contributed by atoms with Crippen molar-refractivity contribution in [3.8, 4) is 16.9 Å². The van der Waals surface area contributed by atoms with Crippen molar-refractivity contribution in [1.29, 1.82) is 0 Å². The highest BCUT2D eigenvalue weighted by Crippen LogP contribution is 2.41. The summed E-state index contributed by atoms with van der Waals surface area (Å²) in [5.41, 5.74) is 0.818. The number of alkyl halides is 5. The second-order valence-corrected chi connectivity index (χ2v) is 8.43. The van der Waals surface area contributed by atoms with Gasteiger partial charge in [0.1, 0.15) is 0 Å². The molecule has 0 unspecified atom stereocenters. The number of halogens is 7. The molecule has 0 saturated heterocycles. The van der Waals surface area contributed by atoms with Crippen molar-refractivity contribution >= 4 is 0 Å². The molecule has 2 nitrogen and oxygen atoms in total. The Labute approximate surface area is 188 Å². The largest absolute Gasteiger partial charge is 0.478 e. The summed E-state index contributed by atoms with van der Waals surface area (Å²) in [5, 5.41) is 0. The summed E-state index contributed by atoms with van der Waals surface area (Å²) in [5.74, 6) is -6.63. The maximum atomic E-state index is 14.8. The summed E-state index contributed by atoms with van der Waals surface area (Å²) in [6.45, 7) is 0.259. The van der Waals surface area contributed by atoms with Gasteiger partial charge >= 0.3 is 6.18 Å². The predicted octanol–water partition coefficient (Wildman–Crippen LogP) is 7.14. The monoisotopic (exact) mass is 480 g/mol. The van der Waals surface area contributed by atoms with E-state index in [1.807, 2.05) is 0 Å². The van der Waals surface area contributed by atoms with Crippen molar-refractivity contribution < 1.29 is 40.9 Å². The third-order valence-electron chi connectivity index (χ3n) is 6.13. The number of benzene rings is 2. The van der Waals surface area contributed by atoms with Crippen LogP contribution in [0.3, 0.4) is 0 Å². The summed E-state index contributed by atoms with van der Waals surface area (Å²) in [4.78, 5) is 0. The molecule has 0 radical (unpaired) electrons. The van der Waals surface area contributed by atoms with Crippen molar-refractivity contribution in [1.82, 2.24) is 0 Å². The van der Waals surface area contributed by atoms with E-state index in [2.05, 4.69) is 11.7 Å². The number of hydrogen-bond acceptors (Lipinski definition) is 1. The molecule has 2 aromatic rings. The fourth-order valence-corrected chi connectivity index (χ4v) is 4.24. The molecule has 3 rings (SSSR count). The van der Waals surface area contributed by atoms with E-state index in [-0.39, 0.29) is 11.0 Å². The molecule has 184 valence electrons. The van der Waals surface area contributed by atoms with Gasteiger partial charge in [0, 0.05) is 12.3 Å². The molecule has 9 heteroatoms. The van der Waals surface area contributed by atoms with Crippen LogP contribution in [0, 0.1) is 23.5 Å². The predicted molar refractivity (Wildman–Crippen MR) is 111 cm³/mol. The van der Waals surface area contributed by atoms with Gasteiger partial charge in [-0.1, -0.05) is 37.6 Å². The van der Waals surface area contributed by atoms with Gasteiger partial charge in [-0.15, -0.1) is 0 Å². The van der Waals surface area contributed by atoms with Gasteiger partial charge in [0.2, 0.25) is 0 Å². The quantitative estimate of drug-likeness (QED) is 0.388. The van der Waals surface area contributed by atoms with E-state index in [0.29, 0.717) is 29.9 Å². The average molecular weight is 480 g/mol. The van der Waals surface area contributed by atoms with Gasteiger partial charge in [-0.2, -0.15) is 13.2 Å². The normalized spacial score (nSPS) is 19.2. The topological polar surface area (TPSA) is 40.7 Å². The summed E-state index contributed by atoms with van der Waals surface area (Å²) in [7, 11) is 0. The van der Waals surface area contributed by atoms with E-state index in [1.165, 1.54) is 24.3 Å². The van der Waals surface area contributed by atoms with Crippen LogP contribution in [0.2, 0.25) is 0 Å². The van der Waals surface area contributed by atoms with E-state index >= 15 is 0 Å². The zero-order valence-electron chi connectivity index (χ0n) is 18.1. The average Bonchev–Trinajstić information content (AvgIpc) is 2.72. The van der Waals surface area contributed by atoms with E-state index in [0.717, 1.165) is 31.4 Å². The number of ether oxygens (including phenoxy) is 1. The lowest BCUT2D eigenvalue weighted by molar-refractivity contribution is -0.154. The Kier molecular flexibility index (Phi) is 8.79. The Morgan fingerprint density at radius 1 is 0.848 bits per heavy atom. The lowest BCUT2D eigenvalue weighted by Crippen LogP contribution is -2.33. The molecule has 0 aliphatic heterocycles. The van der Waals surface area contributed by atoms with Crippen molar-refractivity contribution in [2.45, 2.75) is 57.5 Å². The van der Waals surface area contributed by atoms with Crippen LogP contribution in [0.4, 0.5) is 30.7 Å². The van der Waals surface area contributed by atoms with Crippen LogP contribution in [0.5, 0.6) is 5.75 Å². The molecule has 0 bridgehead atoms. The first-order valence-electron chi connectivity index (χ1n) is 10.6. The van der Waals surface area contributed by atoms with E-state index in [4.69, 9.17) is 0 Å². The van der Waals surface area contributed by atoms with Gasteiger partial charge in [-0.05, 0) is 60.4 Å². The Balaban J connectivity index is 0.00000385. The van der Waals surface area contributed by atoms with E-state index in [9.17, 15) is 30.7 Å². The Bertz CT molecular complexity index is 879. The molecule has 2 N–H and O–H groups in total. The molecule has 1 saturated carbocycles. The maximum Gasteiger partial charge on any atom is 0.422 e. The van der Waals surface area contributed by atoms with Crippen LogP contribution in [-0.4, -0.2) is 24.2 Å². The van der Waals surface area contributed by atoms with Crippen molar-refractivity contribution in [2.24, 2.45) is 11.8 Å². The molecule has 2 aromatic carbocycles. The first-order valence-corrected chi connectivity index (χ1v) is 10.6. The maximum absolute atomic E-state index is 14.8.